The van der Waals surface area contributed by atoms with Crippen molar-refractivity contribution in [2.45, 2.75) is 13.5 Å². The minimum Gasteiger partial charge on any atom is -0.461 e. The number of nitrogens with zero attached hydrogens (tertiary/aromatic N) is 3. The molecule has 0 saturated heterocycles. The monoisotopic (exact) mass is 460 g/mol. The third-order valence-corrected chi connectivity index (χ3v) is 5.16. The molecule has 8 heteroatoms. The number of nitrogens with one attached hydrogen (secondary N) is 1. The minimum atomic E-state index is -0.501. The van der Waals surface area contributed by atoms with E-state index in [0.29, 0.717) is 28.5 Å². The SMILES string of the molecule is CCOC(=O)c1cc(-c2ccc(Cl)cc2)n(-c2ccc(C(=O)NCc3ccncc3)cc2)n1. The molecule has 0 fully saturated rings. The lowest BCUT2D eigenvalue weighted by molar-refractivity contribution is 0.0519. The van der Waals surface area contributed by atoms with Crippen LogP contribution >= 0.6 is 11.6 Å². The highest BCUT2D eigenvalue weighted by Crippen LogP contribution is 2.26. The van der Waals surface area contributed by atoms with E-state index in [2.05, 4.69) is 15.4 Å². The molecule has 33 heavy (non-hydrogen) atoms. The smallest absolute Gasteiger partial charge is 0.358 e. The van der Waals surface area contributed by atoms with E-state index in [1.807, 2.05) is 24.3 Å². The Labute approximate surface area is 196 Å². The van der Waals surface area contributed by atoms with Gasteiger partial charge in [-0.1, -0.05) is 23.7 Å². The van der Waals surface area contributed by atoms with Gasteiger partial charge in [0.2, 0.25) is 0 Å². The van der Waals surface area contributed by atoms with Crippen LogP contribution in [0.15, 0.2) is 79.1 Å². The van der Waals surface area contributed by atoms with Gasteiger partial charge < -0.3 is 10.1 Å². The van der Waals surface area contributed by atoms with Gasteiger partial charge in [0, 0.05) is 35.1 Å². The Hall–Kier alpha value is -3.97. The van der Waals surface area contributed by atoms with Gasteiger partial charge in [0.1, 0.15) is 0 Å². The van der Waals surface area contributed by atoms with Crippen LogP contribution in [-0.4, -0.2) is 33.2 Å². The molecule has 0 aliphatic rings. The molecule has 1 N–H and O–H groups in total. The van der Waals surface area contributed by atoms with E-state index in [1.54, 1.807) is 66.5 Å². The van der Waals surface area contributed by atoms with Crippen molar-refractivity contribution in [3.8, 4) is 16.9 Å². The van der Waals surface area contributed by atoms with E-state index in [4.69, 9.17) is 16.3 Å². The number of pyridine rings is 1. The zero-order valence-electron chi connectivity index (χ0n) is 17.9. The van der Waals surface area contributed by atoms with Crippen LogP contribution in [0, 0.1) is 0 Å². The van der Waals surface area contributed by atoms with E-state index in [1.165, 1.54) is 0 Å². The highest BCUT2D eigenvalue weighted by atomic mass is 35.5. The Bertz CT molecular complexity index is 1250. The summed E-state index contributed by atoms with van der Waals surface area (Å²) in [5.74, 6) is -0.692. The highest BCUT2D eigenvalue weighted by molar-refractivity contribution is 6.30. The number of halogens is 1. The zero-order chi connectivity index (χ0) is 23.2. The maximum absolute atomic E-state index is 12.5. The molecule has 2 aromatic heterocycles. The van der Waals surface area contributed by atoms with Crippen molar-refractivity contribution in [3.05, 3.63) is 101 Å². The second-order valence-corrected chi connectivity index (χ2v) is 7.58. The number of benzene rings is 2. The van der Waals surface area contributed by atoms with Crippen molar-refractivity contribution in [2.75, 3.05) is 6.61 Å². The van der Waals surface area contributed by atoms with Gasteiger partial charge in [-0.3, -0.25) is 9.78 Å². The first kappa shape index (κ1) is 22.2. The first-order valence-electron chi connectivity index (χ1n) is 10.4. The number of hydrogen-bond acceptors (Lipinski definition) is 5. The molecule has 1 amide bonds. The van der Waals surface area contributed by atoms with Gasteiger partial charge in [-0.15, -0.1) is 0 Å². The summed E-state index contributed by atoms with van der Waals surface area (Å²) in [6.07, 6.45) is 3.37. The molecule has 0 radical (unpaired) electrons. The van der Waals surface area contributed by atoms with Gasteiger partial charge in [0.15, 0.2) is 5.69 Å². The van der Waals surface area contributed by atoms with Crippen LogP contribution in [0.25, 0.3) is 16.9 Å². The Balaban J connectivity index is 1.60. The highest BCUT2D eigenvalue weighted by Gasteiger charge is 2.18. The number of ether oxygens (including phenoxy) is 1. The Morgan fingerprint density at radius 3 is 2.36 bits per heavy atom. The molecule has 0 aliphatic heterocycles. The predicted octanol–water partition coefficient (Wildman–Crippen LogP) is 4.69. The van der Waals surface area contributed by atoms with Crippen molar-refractivity contribution >= 4 is 23.5 Å². The second-order valence-electron chi connectivity index (χ2n) is 7.14. The lowest BCUT2D eigenvalue weighted by Gasteiger charge is -2.09. The zero-order valence-corrected chi connectivity index (χ0v) is 18.6. The number of hydrogen-bond donors (Lipinski definition) is 1. The van der Waals surface area contributed by atoms with Crippen molar-refractivity contribution in [3.63, 3.8) is 0 Å². The molecule has 4 rings (SSSR count). The Kier molecular flexibility index (Phi) is 6.80. The van der Waals surface area contributed by atoms with Crippen LogP contribution in [0.5, 0.6) is 0 Å². The van der Waals surface area contributed by atoms with E-state index < -0.39 is 5.97 Å². The number of carbonyl (C=O) groups excluding carboxylic acids is 2. The first-order valence-corrected chi connectivity index (χ1v) is 10.7. The number of amides is 1. The third kappa shape index (κ3) is 5.27. The maximum Gasteiger partial charge on any atom is 0.358 e. The van der Waals surface area contributed by atoms with Crippen LogP contribution in [-0.2, 0) is 11.3 Å². The quantitative estimate of drug-likeness (QED) is 0.404. The summed E-state index contributed by atoms with van der Waals surface area (Å²) in [4.78, 5) is 28.8. The topological polar surface area (TPSA) is 86.1 Å². The third-order valence-electron chi connectivity index (χ3n) is 4.91. The number of esters is 1. The van der Waals surface area contributed by atoms with Gasteiger partial charge in [0.05, 0.1) is 18.0 Å². The Morgan fingerprint density at radius 1 is 1.00 bits per heavy atom. The molecule has 166 valence electrons. The van der Waals surface area contributed by atoms with Crippen molar-refractivity contribution in [1.82, 2.24) is 20.1 Å². The predicted molar refractivity (Wildman–Crippen MR) is 125 cm³/mol. The summed E-state index contributed by atoms with van der Waals surface area (Å²) in [5.41, 5.74) is 3.90. The van der Waals surface area contributed by atoms with Crippen molar-refractivity contribution < 1.29 is 14.3 Å². The number of rotatable bonds is 7. The lowest BCUT2D eigenvalue weighted by atomic mass is 10.1. The standard InChI is InChI=1S/C25H21ClN4O3/c1-2-33-25(32)22-15-23(18-3-7-20(26)8-4-18)30(29-22)21-9-5-19(6-10-21)24(31)28-16-17-11-13-27-14-12-17/h3-15H,2,16H2,1H3,(H,28,31). The van der Waals surface area contributed by atoms with Gasteiger partial charge in [-0.25, -0.2) is 9.48 Å². The van der Waals surface area contributed by atoms with Crippen LogP contribution in [0.1, 0.15) is 33.3 Å². The molecule has 0 atom stereocenters. The van der Waals surface area contributed by atoms with Crippen molar-refractivity contribution in [1.29, 1.82) is 0 Å². The summed E-state index contributed by atoms with van der Waals surface area (Å²) >= 11 is 6.03. The summed E-state index contributed by atoms with van der Waals surface area (Å²) < 4.78 is 6.76. The molecule has 4 aromatic rings. The molecular weight excluding hydrogens is 440 g/mol. The molecule has 0 bridgehead atoms. The fourth-order valence-electron chi connectivity index (χ4n) is 3.25. The molecule has 0 saturated carbocycles. The summed E-state index contributed by atoms with van der Waals surface area (Å²) in [6.45, 7) is 2.41. The maximum atomic E-state index is 12.5. The molecule has 7 nitrogen and oxygen atoms in total. The van der Waals surface area contributed by atoms with Crippen LogP contribution in [0.4, 0.5) is 0 Å². The fourth-order valence-corrected chi connectivity index (χ4v) is 3.37. The molecular formula is C25H21ClN4O3. The number of carbonyl (C=O) groups is 2. The normalized spacial score (nSPS) is 10.6. The molecule has 2 aromatic carbocycles. The van der Waals surface area contributed by atoms with Gasteiger partial charge in [0.25, 0.3) is 5.91 Å². The van der Waals surface area contributed by atoms with Gasteiger partial charge in [-0.2, -0.15) is 5.10 Å². The lowest BCUT2D eigenvalue weighted by Crippen LogP contribution is -2.22. The van der Waals surface area contributed by atoms with E-state index in [-0.39, 0.29) is 18.2 Å². The summed E-state index contributed by atoms with van der Waals surface area (Å²) in [7, 11) is 0. The van der Waals surface area contributed by atoms with Gasteiger partial charge in [-0.05, 0) is 67.1 Å². The van der Waals surface area contributed by atoms with E-state index in [0.717, 1.165) is 11.1 Å². The van der Waals surface area contributed by atoms with E-state index >= 15 is 0 Å². The van der Waals surface area contributed by atoms with Crippen molar-refractivity contribution in [2.24, 2.45) is 0 Å². The van der Waals surface area contributed by atoms with E-state index in [9.17, 15) is 9.59 Å². The van der Waals surface area contributed by atoms with Crippen LogP contribution in [0.2, 0.25) is 5.02 Å². The Morgan fingerprint density at radius 2 is 1.70 bits per heavy atom. The summed E-state index contributed by atoms with van der Waals surface area (Å²) in [6, 6.07) is 19.6. The minimum absolute atomic E-state index is 0.191. The fraction of sp³-hybridized carbons (Fsp3) is 0.120. The average Bonchev–Trinajstić information content (AvgIpc) is 3.29. The number of aromatic nitrogens is 3. The van der Waals surface area contributed by atoms with Gasteiger partial charge >= 0.3 is 5.97 Å². The van der Waals surface area contributed by atoms with Crippen LogP contribution in [0.3, 0.4) is 0 Å². The summed E-state index contributed by atoms with van der Waals surface area (Å²) in [5, 5.41) is 7.95. The largest absolute Gasteiger partial charge is 0.461 e. The average molecular weight is 461 g/mol. The first-order chi connectivity index (χ1) is 16.0. The second kappa shape index (κ2) is 10.1. The molecule has 2 heterocycles. The molecule has 0 unspecified atom stereocenters. The van der Waals surface area contributed by atoms with Crippen LogP contribution < -0.4 is 5.32 Å². The molecule has 0 spiro atoms. The molecule has 0 aliphatic carbocycles.